The van der Waals surface area contributed by atoms with Crippen molar-refractivity contribution in [3.63, 3.8) is 0 Å². The molecule has 2 aromatic rings. The molecule has 1 heterocycles. The molecule has 27 heavy (non-hydrogen) atoms. The zero-order valence-electron chi connectivity index (χ0n) is 15.5. The highest BCUT2D eigenvalue weighted by Gasteiger charge is 2.30. The summed E-state index contributed by atoms with van der Waals surface area (Å²) in [5, 5.41) is 6.94. The molecule has 0 aromatic heterocycles. The number of benzene rings is 2. The standard InChI is InChI=1S/C20H22N2O5/c1-24-14-6-4-13(5-7-14)12-21-20(23)19-11-17(22-27-19)16-10-15(25-2)8-9-18(16)26-3/h4-10,19H,11-12H2,1-3H3,(H,21,23)/t19-/m0/s1. The molecule has 0 fully saturated rings. The number of hydrogen-bond donors (Lipinski definition) is 1. The molecule has 0 radical (unpaired) electrons. The Bertz CT molecular complexity index is 833. The fraction of sp³-hybridized carbons (Fsp3) is 0.300. The molecule has 1 N–H and O–H groups in total. The van der Waals surface area contributed by atoms with Crippen LogP contribution in [0.25, 0.3) is 0 Å². The second-order valence-electron chi connectivity index (χ2n) is 5.97. The van der Waals surface area contributed by atoms with Gasteiger partial charge in [-0.25, -0.2) is 0 Å². The van der Waals surface area contributed by atoms with Gasteiger partial charge in [-0.1, -0.05) is 17.3 Å². The molecule has 0 saturated heterocycles. The average molecular weight is 370 g/mol. The molecule has 142 valence electrons. The molecule has 1 amide bonds. The highest BCUT2D eigenvalue weighted by atomic mass is 16.6. The van der Waals surface area contributed by atoms with Crippen LogP contribution in [0.5, 0.6) is 17.2 Å². The lowest BCUT2D eigenvalue weighted by Gasteiger charge is -2.11. The SMILES string of the molecule is COc1ccc(CNC(=O)[C@@H]2CC(c3cc(OC)ccc3OC)=NO2)cc1. The maximum absolute atomic E-state index is 12.4. The molecular formula is C20H22N2O5. The lowest BCUT2D eigenvalue weighted by atomic mass is 10.0. The van der Waals surface area contributed by atoms with E-state index in [-0.39, 0.29) is 5.91 Å². The number of carbonyl (C=O) groups is 1. The van der Waals surface area contributed by atoms with Gasteiger partial charge in [0.2, 0.25) is 6.10 Å². The van der Waals surface area contributed by atoms with E-state index < -0.39 is 6.10 Å². The van der Waals surface area contributed by atoms with E-state index in [1.54, 1.807) is 33.5 Å². The number of nitrogens with one attached hydrogen (secondary N) is 1. The van der Waals surface area contributed by atoms with Crippen molar-refractivity contribution < 1.29 is 23.8 Å². The first-order chi connectivity index (χ1) is 13.1. The largest absolute Gasteiger partial charge is 0.497 e. The molecule has 7 nitrogen and oxygen atoms in total. The first-order valence-corrected chi connectivity index (χ1v) is 8.50. The molecule has 3 rings (SSSR count). The molecular weight excluding hydrogens is 348 g/mol. The Balaban J connectivity index is 1.60. The van der Waals surface area contributed by atoms with E-state index >= 15 is 0 Å². The molecule has 0 aliphatic carbocycles. The van der Waals surface area contributed by atoms with Crippen LogP contribution in [-0.4, -0.2) is 39.1 Å². The fourth-order valence-corrected chi connectivity index (χ4v) is 2.76. The van der Waals surface area contributed by atoms with Gasteiger partial charge in [-0.15, -0.1) is 0 Å². The summed E-state index contributed by atoms with van der Waals surface area (Å²) in [4.78, 5) is 17.7. The minimum atomic E-state index is -0.672. The molecule has 0 bridgehead atoms. The van der Waals surface area contributed by atoms with Crippen LogP contribution in [-0.2, 0) is 16.2 Å². The molecule has 0 saturated carbocycles. The molecule has 1 aliphatic rings. The van der Waals surface area contributed by atoms with Gasteiger partial charge in [0.1, 0.15) is 17.2 Å². The quantitative estimate of drug-likeness (QED) is 0.810. The zero-order valence-corrected chi connectivity index (χ0v) is 15.5. The lowest BCUT2D eigenvalue weighted by molar-refractivity contribution is -0.131. The molecule has 0 unspecified atom stereocenters. The third kappa shape index (κ3) is 4.31. The van der Waals surface area contributed by atoms with Crippen molar-refractivity contribution in [1.29, 1.82) is 0 Å². The fourth-order valence-electron chi connectivity index (χ4n) is 2.76. The van der Waals surface area contributed by atoms with Crippen LogP contribution in [0.2, 0.25) is 0 Å². The maximum atomic E-state index is 12.4. The van der Waals surface area contributed by atoms with E-state index in [2.05, 4.69) is 10.5 Å². The predicted octanol–water partition coefficient (Wildman–Crippen LogP) is 2.52. The number of rotatable bonds is 7. The van der Waals surface area contributed by atoms with Crippen LogP contribution in [0.1, 0.15) is 17.5 Å². The lowest BCUT2D eigenvalue weighted by Crippen LogP contribution is -2.34. The van der Waals surface area contributed by atoms with Gasteiger partial charge in [-0.3, -0.25) is 4.79 Å². The first kappa shape index (κ1) is 18.6. The van der Waals surface area contributed by atoms with Gasteiger partial charge >= 0.3 is 0 Å². The number of ether oxygens (including phenoxy) is 3. The highest BCUT2D eigenvalue weighted by Crippen LogP contribution is 2.28. The van der Waals surface area contributed by atoms with Crippen LogP contribution in [0.3, 0.4) is 0 Å². The van der Waals surface area contributed by atoms with Gasteiger partial charge in [0.15, 0.2) is 0 Å². The summed E-state index contributed by atoms with van der Waals surface area (Å²) in [6, 6.07) is 12.9. The van der Waals surface area contributed by atoms with Gasteiger partial charge in [0, 0.05) is 18.5 Å². The normalized spacial score (nSPS) is 15.5. The maximum Gasteiger partial charge on any atom is 0.264 e. The van der Waals surface area contributed by atoms with E-state index in [4.69, 9.17) is 19.0 Å². The van der Waals surface area contributed by atoms with Gasteiger partial charge in [-0.05, 0) is 35.9 Å². The van der Waals surface area contributed by atoms with E-state index in [0.717, 1.165) is 16.9 Å². The Morgan fingerprint density at radius 2 is 1.78 bits per heavy atom. The van der Waals surface area contributed by atoms with E-state index in [9.17, 15) is 4.79 Å². The summed E-state index contributed by atoms with van der Waals surface area (Å²) in [6.07, 6.45) is -0.313. The minimum absolute atomic E-state index is 0.216. The highest BCUT2D eigenvalue weighted by molar-refractivity contribution is 6.06. The van der Waals surface area contributed by atoms with E-state index in [1.807, 2.05) is 30.3 Å². The van der Waals surface area contributed by atoms with E-state index in [0.29, 0.717) is 30.2 Å². The van der Waals surface area contributed by atoms with Gasteiger partial charge in [0.05, 0.1) is 27.0 Å². The molecule has 0 spiro atoms. The summed E-state index contributed by atoms with van der Waals surface area (Å²) in [6.45, 7) is 0.403. The first-order valence-electron chi connectivity index (χ1n) is 8.50. The van der Waals surface area contributed by atoms with Crippen LogP contribution >= 0.6 is 0 Å². The summed E-state index contributed by atoms with van der Waals surface area (Å²) in [5.41, 5.74) is 2.37. The van der Waals surface area contributed by atoms with Crippen LogP contribution in [0, 0.1) is 0 Å². The number of carbonyl (C=O) groups excluding carboxylic acids is 1. The number of methoxy groups -OCH3 is 3. The topological polar surface area (TPSA) is 78.4 Å². The molecule has 7 heteroatoms. The van der Waals surface area contributed by atoms with Crippen LogP contribution in [0.4, 0.5) is 0 Å². The Kier molecular flexibility index (Phi) is 5.80. The smallest absolute Gasteiger partial charge is 0.264 e. The third-order valence-corrected chi connectivity index (χ3v) is 4.30. The Labute approximate surface area is 157 Å². The van der Waals surface area contributed by atoms with Gasteiger partial charge in [-0.2, -0.15) is 0 Å². The van der Waals surface area contributed by atoms with Crippen LogP contribution < -0.4 is 19.5 Å². The van der Waals surface area contributed by atoms with Crippen molar-refractivity contribution in [2.24, 2.45) is 5.16 Å². The number of hydrogen-bond acceptors (Lipinski definition) is 6. The number of oxime groups is 1. The molecule has 1 atom stereocenters. The van der Waals surface area contributed by atoms with Gasteiger partial charge in [0.25, 0.3) is 5.91 Å². The summed E-state index contributed by atoms with van der Waals surface area (Å²) in [5.74, 6) is 1.89. The molecule has 1 aliphatic heterocycles. The molecule has 2 aromatic carbocycles. The summed E-state index contributed by atoms with van der Waals surface area (Å²) >= 11 is 0. The van der Waals surface area contributed by atoms with Crippen molar-refractivity contribution in [2.45, 2.75) is 19.1 Å². The van der Waals surface area contributed by atoms with Crippen molar-refractivity contribution >= 4 is 11.6 Å². The Hall–Kier alpha value is -3.22. The van der Waals surface area contributed by atoms with Gasteiger partial charge < -0.3 is 24.4 Å². The number of amides is 1. The third-order valence-electron chi connectivity index (χ3n) is 4.30. The predicted molar refractivity (Wildman–Crippen MR) is 100 cm³/mol. The number of nitrogens with zero attached hydrogens (tertiary/aromatic N) is 1. The van der Waals surface area contributed by atoms with Crippen LogP contribution in [0.15, 0.2) is 47.6 Å². The average Bonchev–Trinajstić information content (AvgIpc) is 3.22. The summed E-state index contributed by atoms with van der Waals surface area (Å²) in [7, 11) is 4.79. The van der Waals surface area contributed by atoms with Crippen molar-refractivity contribution in [3.8, 4) is 17.2 Å². The Morgan fingerprint density at radius 3 is 2.44 bits per heavy atom. The van der Waals surface area contributed by atoms with Crippen molar-refractivity contribution in [2.75, 3.05) is 21.3 Å². The van der Waals surface area contributed by atoms with E-state index in [1.165, 1.54) is 0 Å². The summed E-state index contributed by atoms with van der Waals surface area (Å²) < 4.78 is 15.8. The van der Waals surface area contributed by atoms with Crippen molar-refractivity contribution in [1.82, 2.24) is 5.32 Å². The monoisotopic (exact) mass is 370 g/mol. The minimum Gasteiger partial charge on any atom is -0.497 e. The Morgan fingerprint density at radius 1 is 1.07 bits per heavy atom. The second-order valence-corrected chi connectivity index (χ2v) is 5.97. The second kappa shape index (κ2) is 8.44. The zero-order chi connectivity index (χ0) is 19.2. The van der Waals surface area contributed by atoms with Crippen molar-refractivity contribution in [3.05, 3.63) is 53.6 Å².